The molecular formula is C24H22Cl3NO4. The van der Waals surface area contributed by atoms with E-state index in [2.05, 4.69) is 5.32 Å². The number of halogens is 3. The Morgan fingerprint density at radius 2 is 1.69 bits per heavy atom. The highest BCUT2D eigenvalue weighted by atomic mass is 35.5. The highest BCUT2D eigenvalue weighted by Crippen LogP contribution is 2.42. The van der Waals surface area contributed by atoms with E-state index >= 15 is 0 Å². The minimum Gasteiger partial charge on any atom is -0.463 e. The molecule has 1 atom stereocenters. The molecule has 1 heterocycles. The number of rotatable bonds is 7. The number of carbonyl (C=O) groups is 2. The predicted molar refractivity (Wildman–Crippen MR) is 126 cm³/mol. The Hall–Kier alpha value is -2.47. The van der Waals surface area contributed by atoms with Gasteiger partial charge in [-0.1, -0.05) is 59.6 Å². The van der Waals surface area contributed by atoms with E-state index in [0.29, 0.717) is 27.0 Å². The number of dihydropyridines is 1. The van der Waals surface area contributed by atoms with Crippen LogP contribution in [-0.2, 0) is 25.7 Å². The third-order valence-corrected chi connectivity index (χ3v) is 5.81. The second kappa shape index (κ2) is 10.9. The lowest BCUT2D eigenvalue weighted by Crippen LogP contribution is -2.34. The first-order chi connectivity index (χ1) is 15.4. The monoisotopic (exact) mass is 493 g/mol. The minimum atomic E-state index is -0.836. The Labute approximate surface area is 201 Å². The van der Waals surface area contributed by atoms with Crippen molar-refractivity contribution in [1.82, 2.24) is 5.32 Å². The summed E-state index contributed by atoms with van der Waals surface area (Å²) in [6.07, 6.45) is 0. The Morgan fingerprint density at radius 1 is 1.00 bits per heavy atom. The minimum absolute atomic E-state index is 0.0134. The first kappa shape index (κ1) is 24.2. The van der Waals surface area contributed by atoms with Crippen molar-refractivity contribution in [3.63, 3.8) is 0 Å². The molecule has 0 radical (unpaired) electrons. The van der Waals surface area contributed by atoms with Crippen molar-refractivity contribution < 1.29 is 19.1 Å². The number of nitrogens with one attached hydrogen (secondary N) is 1. The fourth-order valence-electron chi connectivity index (χ4n) is 3.57. The SMILES string of the molecule is CCOC(=O)C1=C(CCl)NC(C)=C(C(=O)OCc2ccccc2)C1c1ccc(Cl)cc1Cl. The van der Waals surface area contributed by atoms with Crippen LogP contribution in [0.4, 0.5) is 0 Å². The molecule has 8 heteroatoms. The Kier molecular flexibility index (Phi) is 8.24. The molecule has 0 bridgehead atoms. The largest absolute Gasteiger partial charge is 0.463 e. The van der Waals surface area contributed by atoms with Gasteiger partial charge in [0.25, 0.3) is 0 Å². The molecule has 2 aromatic carbocycles. The molecule has 3 rings (SSSR count). The smallest absolute Gasteiger partial charge is 0.337 e. The summed E-state index contributed by atoms with van der Waals surface area (Å²) in [6.45, 7) is 3.67. The van der Waals surface area contributed by atoms with Crippen molar-refractivity contribution >= 4 is 46.7 Å². The molecule has 0 aliphatic carbocycles. The summed E-state index contributed by atoms with van der Waals surface area (Å²) in [4.78, 5) is 26.2. The van der Waals surface area contributed by atoms with Gasteiger partial charge in [-0.15, -0.1) is 11.6 Å². The van der Waals surface area contributed by atoms with E-state index < -0.39 is 17.9 Å². The first-order valence-corrected chi connectivity index (χ1v) is 11.3. The molecule has 1 N–H and O–H groups in total. The number of ether oxygens (including phenoxy) is 2. The van der Waals surface area contributed by atoms with Crippen LogP contribution in [0.2, 0.25) is 10.0 Å². The fourth-order valence-corrected chi connectivity index (χ4v) is 4.30. The van der Waals surface area contributed by atoms with Crippen molar-refractivity contribution in [2.45, 2.75) is 26.4 Å². The lowest BCUT2D eigenvalue weighted by molar-refractivity contribution is -0.140. The van der Waals surface area contributed by atoms with Gasteiger partial charge in [0.2, 0.25) is 0 Å². The summed E-state index contributed by atoms with van der Waals surface area (Å²) < 4.78 is 10.9. The van der Waals surface area contributed by atoms with Crippen molar-refractivity contribution in [3.8, 4) is 0 Å². The second-order valence-electron chi connectivity index (χ2n) is 7.07. The van der Waals surface area contributed by atoms with Gasteiger partial charge in [-0.05, 0) is 37.1 Å². The molecule has 1 aliphatic heterocycles. The van der Waals surface area contributed by atoms with Crippen LogP contribution < -0.4 is 5.32 Å². The van der Waals surface area contributed by atoms with Gasteiger partial charge < -0.3 is 14.8 Å². The molecule has 32 heavy (non-hydrogen) atoms. The van der Waals surface area contributed by atoms with E-state index in [4.69, 9.17) is 44.3 Å². The maximum absolute atomic E-state index is 13.3. The van der Waals surface area contributed by atoms with Gasteiger partial charge in [0.05, 0.1) is 29.6 Å². The van der Waals surface area contributed by atoms with Crippen molar-refractivity contribution in [2.75, 3.05) is 12.5 Å². The first-order valence-electron chi connectivity index (χ1n) is 9.97. The quantitative estimate of drug-likeness (QED) is 0.392. The number of benzene rings is 2. The van der Waals surface area contributed by atoms with E-state index in [1.54, 1.807) is 32.0 Å². The van der Waals surface area contributed by atoms with Crippen LogP contribution in [0, 0.1) is 0 Å². The number of esters is 2. The molecule has 1 aliphatic rings. The zero-order valence-electron chi connectivity index (χ0n) is 17.6. The zero-order valence-corrected chi connectivity index (χ0v) is 19.9. The number of carbonyl (C=O) groups excluding carboxylic acids is 2. The van der Waals surface area contributed by atoms with Crippen molar-refractivity contribution in [3.05, 3.63) is 92.2 Å². The Bertz CT molecular complexity index is 1080. The maximum atomic E-state index is 13.3. The van der Waals surface area contributed by atoms with Crippen LogP contribution in [0.3, 0.4) is 0 Å². The zero-order chi connectivity index (χ0) is 23.3. The van der Waals surface area contributed by atoms with Crippen molar-refractivity contribution in [2.24, 2.45) is 0 Å². The molecule has 0 amide bonds. The normalized spacial score (nSPS) is 16.0. The molecular weight excluding hydrogens is 473 g/mol. The van der Waals surface area contributed by atoms with Crippen LogP contribution in [0.5, 0.6) is 0 Å². The molecule has 5 nitrogen and oxygen atoms in total. The van der Waals surface area contributed by atoms with Crippen LogP contribution >= 0.6 is 34.8 Å². The standard InChI is InChI=1S/C24H22Cl3NO4/c1-3-31-24(30)22-19(12-25)28-14(2)20(21(22)17-10-9-16(26)11-18(17)27)23(29)32-13-15-7-5-4-6-8-15/h4-11,21,28H,3,12-13H2,1-2H3. The van der Waals surface area contributed by atoms with Crippen LogP contribution in [-0.4, -0.2) is 24.4 Å². The van der Waals surface area contributed by atoms with Crippen molar-refractivity contribution in [1.29, 1.82) is 0 Å². The van der Waals surface area contributed by atoms with E-state index in [9.17, 15) is 9.59 Å². The molecule has 168 valence electrons. The molecule has 0 saturated carbocycles. The fraction of sp³-hybridized carbons (Fsp3) is 0.250. The Balaban J connectivity index is 2.08. The summed E-state index contributed by atoms with van der Waals surface area (Å²) in [5.41, 5.74) is 2.78. The molecule has 0 saturated heterocycles. The molecule has 2 aromatic rings. The summed E-state index contributed by atoms with van der Waals surface area (Å²) >= 11 is 18.7. The molecule has 0 spiro atoms. The van der Waals surface area contributed by atoms with Crippen LogP contribution in [0.25, 0.3) is 0 Å². The molecule has 1 unspecified atom stereocenters. The number of alkyl halides is 1. The highest BCUT2D eigenvalue weighted by molar-refractivity contribution is 6.35. The van der Waals surface area contributed by atoms with Gasteiger partial charge in [0.1, 0.15) is 6.61 Å². The van der Waals surface area contributed by atoms with Crippen LogP contribution in [0.15, 0.2) is 71.1 Å². The Morgan fingerprint density at radius 3 is 2.31 bits per heavy atom. The van der Waals surface area contributed by atoms with Gasteiger partial charge >= 0.3 is 11.9 Å². The summed E-state index contributed by atoms with van der Waals surface area (Å²) in [7, 11) is 0. The van der Waals surface area contributed by atoms with E-state index in [1.807, 2.05) is 30.3 Å². The average molecular weight is 495 g/mol. The van der Waals surface area contributed by atoms with E-state index in [1.165, 1.54) is 0 Å². The number of hydrogen-bond acceptors (Lipinski definition) is 5. The summed E-state index contributed by atoms with van der Waals surface area (Å²) in [5.74, 6) is -1.99. The third kappa shape index (κ3) is 5.29. The van der Waals surface area contributed by atoms with Gasteiger partial charge in [-0.25, -0.2) is 9.59 Å². The predicted octanol–water partition coefficient (Wildman–Crippen LogP) is 5.75. The van der Waals surface area contributed by atoms with E-state index in [-0.39, 0.29) is 30.2 Å². The summed E-state index contributed by atoms with van der Waals surface area (Å²) in [5, 5.41) is 3.81. The van der Waals surface area contributed by atoms with E-state index in [0.717, 1.165) is 5.56 Å². The number of allylic oxidation sites excluding steroid dienone is 2. The number of hydrogen-bond donors (Lipinski definition) is 1. The summed E-state index contributed by atoms with van der Waals surface area (Å²) in [6, 6.07) is 14.2. The third-order valence-electron chi connectivity index (χ3n) is 4.98. The molecule has 0 fully saturated rings. The molecule has 0 aromatic heterocycles. The van der Waals surface area contributed by atoms with Gasteiger partial charge in [-0.2, -0.15) is 0 Å². The topological polar surface area (TPSA) is 64.6 Å². The lowest BCUT2D eigenvalue weighted by Gasteiger charge is -2.31. The lowest BCUT2D eigenvalue weighted by atomic mass is 9.80. The highest BCUT2D eigenvalue weighted by Gasteiger charge is 2.39. The second-order valence-corrected chi connectivity index (χ2v) is 8.18. The maximum Gasteiger partial charge on any atom is 0.337 e. The van der Waals surface area contributed by atoms with Gasteiger partial charge in [0.15, 0.2) is 0 Å². The average Bonchev–Trinajstić information content (AvgIpc) is 2.77. The van der Waals surface area contributed by atoms with Crippen LogP contribution in [0.1, 0.15) is 30.9 Å². The van der Waals surface area contributed by atoms with Gasteiger partial charge in [0, 0.05) is 21.4 Å². The van der Waals surface area contributed by atoms with Gasteiger partial charge in [-0.3, -0.25) is 0 Å².